The lowest BCUT2D eigenvalue weighted by molar-refractivity contribution is -0.123. The number of para-hydroxylation sites is 1. The van der Waals surface area contributed by atoms with Crippen LogP contribution in [0.3, 0.4) is 0 Å². The number of nitrogens with zero attached hydrogens (tertiary/aromatic N) is 2. The van der Waals surface area contributed by atoms with E-state index >= 15 is 0 Å². The highest BCUT2D eigenvalue weighted by molar-refractivity contribution is 8.26. The maximum Gasteiger partial charge on any atom is 0.267 e. The Hall–Kier alpha value is -2.48. The number of thiocarbonyl (C=S) groups is 1. The van der Waals surface area contributed by atoms with Crippen molar-refractivity contribution in [3.05, 3.63) is 70.6 Å². The smallest absolute Gasteiger partial charge is 0.267 e. The van der Waals surface area contributed by atoms with Crippen LogP contribution < -0.4 is 4.90 Å². The Kier molecular flexibility index (Phi) is 5.18. The number of anilines is 1. The fourth-order valence-electron chi connectivity index (χ4n) is 4.12. The van der Waals surface area contributed by atoms with E-state index in [-0.39, 0.29) is 17.9 Å². The van der Waals surface area contributed by atoms with Crippen LogP contribution in [-0.4, -0.2) is 40.3 Å². The second-order valence-corrected chi connectivity index (χ2v) is 9.16. The van der Waals surface area contributed by atoms with Gasteiger partial charge in [-0.25, -0.2) is 0 Å². The van der Waals surface area contributed by atoms with Crippen LogP contribution in [0, 0.1) is 0 Å². The predicted molar refractivity (Wildman–Crippen MR) is 122 cm³/mol. The maximum atomic E-state index is 13.5. The van der Waals surface area contributed by atoms with Gasteiger partial charge in [-0.05, 0) is 24.5 Å². The molecule has 1 atom stereocenters. The van der Waals surface area contributed by atoms with Crippen molar-refractivity contribution < 1.29 is 14.3 Å². The molecule has 3 aliphatic rings. The molecule has 1 unspecified atom stereocenters. The van der Waals surface area contributed by atoms with Gasteiger partial charge in [-0.2, -0.15) is 0 Å². The molecule has 2 aromatic carbocycles. The van der Waals surface area contributed by atoms with Crippen molar-refractivity contribution in [3.8, 4) is 0 Å². The van der Waals surface area contributed by atoms with Crippen molar-refractivity contribution in [2.24, 2.45) is 0 Å². The van der Waals surface area contributed by atoms with E-state index in [0.29, 0.717) is 27.9 Å². The number of hydrogen-bond acceptors (Lipinski definition) is 5. The summed E-state index contributed by atoms with van der Waals surface area (Å²) in [7, 11) is 0. The number of carbonyl (C=O) groups is 2. The second-order valence-electron chi connectivity index (χ2n) is 7.52. The van der Waals surface area contributed by atoms with Crippen LogP contribution in [0.1, 0.15) is 24.0 Å². The summed E-state index contributed by atoms with van der Waals surface area (Å²) in [4.78, 5) is 30.5. The van der Waals surface area contributed by atoms with Gasteiger partial charge in [-0.15, -0.1) is 0 Å². The molecule has 0 spiro atoms. The largest absolute Gasteiger partial charge is 0.376 e. The van der Waals surface area contributed by atoms with Crippen molar-refractivity contribution in [2.45, 2.75) is 25.5 Å². The Morgan fingerprint density at radius 1 is 1.00 bits per heavy atom. The molecular formula is C23H20N2O3S2. The molecule has 2 fully saturated rings. The zero-order valence-corrected chi connectivity index (χ0v) is 17.9. The van der Waals surface area contributed by atoms with Crippen LogP contribution in [0.25, 0.3) is 5.57 Å². The highest BCUT2D eigenvalue weighted by atomic mass is 32.2. The molecule has 5 nitrogen and oxygen atoms in total. The summed E-state index contributed by atoms with van der Waals surface area (Å²) in [6.07, 6.45) is 1.94. The minimum absolute atomic E-state index is 0.0120. The molecule has 0 aliphatic carbocycles. The lowest BCUT2D eigenvalue weighted by atomic mass is 10.1. The monoisotopic (exact) mass is 436 g/mol. The predicted octanol–water partition coefficient (Wildman–Crippen LogP) is 3.98. The van der Waals surface area contributed by atoms with Crippen LogP contribution in [0.15, 0.2) is 59.5 Å². The Balaban J connectivity index is 1.50. The van der Waals surface area contributed by atoms with Crippen molar-refractivity contribution in [2.75, 3.05) is 18.1 Å². The maximum absolute atomic E-state index is 13.5. The van der Waals surface area contributed by atoms with Gasteiger partial charge in [-0.1, -0.05) is 72.5 Å². The van der Waals surface area contributed by atoms with Gasteiger partial charge < -0.3 is 9.64 Å². The Morgan fingerprint density at radius 3 is 2.53 bits per heavy atom. The number of ether oxygens (including phenoxy) is 1. The number of benzene rings is 2. The van der Waals surface area contributed by atoms with E-state index in [9.17, 15) is 9.59 Å². The number of rotatable bonds is 4. The lowest BCUT2D eigenvalue weighted by Crippen LogP contribution is -2.35. The SMILES string of the molecule is O=C1/C(=C2/C(=O)N(Cc3ccccc3)c3ccccc32)SC(=S)N1CC1CCCO1. The summed E-state index contributed by atoms with van der Waals surface area (Å²) in [5.74, 6) is -0.349. The van der Waals surface area contributed by atoms with Gasteiger partial charge in [0, 0.05) is 12.2 Å². The average molecular weight is 437 g/mol. The zero-order valence-electron chi connectivity index (χ0n) is 16.2. The number of fused-ring (bicyclic) bond motifs is 1. The standard InChI is InChI=1S/C23H20N2O3S2/c26-21-19(20-22(27)25(23(29)30-20)14-16-9-6-12-28-16)17-10-4-5-11-18(17)24(21)13-15-7-2-1-3-8-15/h1-5,7-8,10-11,16H,6,9,12-14H2/b20-19-. The number of amides is 2. The van der Waals surface area contributed by atoms with Crippen LogP contribution in [-0.2, 0) is 20.9 Å². The van der Waals surface area contributed by atoms with Gasteiger partial charge in [0.05, 0.1) is 35.4 Å². The van der Waals surface area contributed by atoms with Crippen molar-refractivity contribution in [1.29, 1.82) is 0 Å². The number of hydrogen-bond donors (Lipinski definition) is 0. The Morgan fingerprint density at radius 2 is 1.77 bits per heavy atom. The fraction of sp³-hybridized carbons (Fsp3) is 0.261. The summed E-state index contributed by atoms with van der Waals surface area (Å²) in [6, 6.07) is 17.5. The third-order valence-corrected chi connectivity index (χ3v) is 7.04. The van der Waals surface area contributed by atoms with E-state index in [2.05, 4.69) is 0 Å². The molecule has 3 heterocycles. The van der Waals surface area contributed by atoms with Gasteiger partial charge in [0.25, 0.3) is 11.8 Å². The summed E-state index contributed by atoms with van der Waals surface area (Å²) < 4.78 is 6.17. The van der Waals surface area contributed by atoms with Crippen molar-refractivity contribution in [1.82, 2.24) is 4.90 Å². The molecule has 0 N–H and O–H groups in total. The highest BCUT2D eigenvalue weighted by Gasteiger charge is 2.42. The van der Waals surface area contributed by atoms with Crippen LogP contribution in [0.2, 0.25) is 0 Å². The van der Waals surface area contributed by atoms with Gasteiger partial charge in [0.15, 0.2) is 0 Å². The first-order chi connectivity index (χ1) is 14.6. The molecule has 152 valence electrons. The van der Waals surface area contributed by atoms with Crippen molar-refractivity contribution in [3.63, 3.8) is 0 Å². The molecule has 5 rings (SSSR count). The van der Waals surface area contributed by atoms with Crippen molar-refractivity contribution >= 4 is 51.4 Å². The molecule has 2 saturated heterocycles. The zero-order chi connectivity index (χ0) is 20.7. The minimum Gasteiger partial charge on any atom is -0.376 e. The second kappa shape index (κ2) is 7.98. The summed E-state index contributed by atoms with van der Waals surface area (Å²) in [5.41, 5.74) is 3.10. The molecule has 3 aliphatic heterocycles. The molecule has 2 amide bonds. The molecular weight excluding hydrogens is 416 g/mol. The van der Waals surface area contributed by atoms with Gasteiger partial charge in [0.1, 0.15) is 4.32 Å². The number of thioether (sulfide) groups is 1. The molecule has 0 saturated carbocycles. The highest BCUT2D eigenvalue weighted by Crippen LogP contribution is 2.45. The van der Waals surface area contributed by atoms with Crippen LogP contribution in [0.5, 0.6) is 0 Å². The lowest BCUT2D eigenvalue weighted by Gasteiger charge is -2.18. The van der Waals surface area contributed by atoms with Gasteiger partial charge in [-0.3, -0.25) is 14.5 Å². The topological polar surface area (TPSA) is 49.9 Å². The summed E-state index contributed by atoms with van der Waals surface area (Å²) in [6.45, 7) is 1.63. The normalized spacial score (nSPS) is 23.6. The fourth-order valence-corrected chi connectivity index (χ4v) is 5.47. The van der Waals surface area contributed by atoms with E-state index in [1.165, 1.54) is 11.8 Å². The summed E-state index contributed by atoms with van der Waals surface area (Å²) in [5, 5.41) is 0. The third kappa shape index (κ3) is 3.37. The summed E-state index contributed by atoms with van der Waals surface area (Å²) >= 11 is 6.71. The Bertz CT molecular complexity index is 1060. The molecule has 0 aromatic heterocycles. The molecule has 2 aromatic rings. The van der Waals surface area contributed by atoms with E-state index in [1.54, 1.807) is 9.80 Å². The average Bonchev–Trinajstić information content (AvgIpc) is 3.44. The first kappa shape index (κ1) is 19.5. The van der Waals surface area contributed by atoms with E-state index in [4.69, 9.17) is 17.0 Å². The van der Waals surface area contributed by atoms with Gasteiger partial charge in [0.2, 0.25) is 0 Å². The third-order valence-electron chi connectivity index (χ3n) is 5.59. The van der Waals surface area contributed by atoms with E-state index in [0.717, 1.165) is 36.3 Å². The van der Waals surface area contributed by atoms with Crippen LogP contribution >= 0.6 is 24.0 Å². The molecule has 0 radical (unpaired) electrons. The number of carbonyl (C=O) groups excluding carboxylic acids is 2. The van der Waals surface area contributed by atoms with Crippen LogP contribution in [0.4, 0.5) is 5.69 Å². The minimum atomic E-state index is -0.194. The van der Waals surface area contributed by atoms with E-state index in [1.807, 2.05) is 54.6 Å². The quantitative estimate of drug-likeness (QED) is 0.536. The first-order valence-corrected chi connectivity index (χ1v) is 11.2. The van der Waals surface area contributed by atoms with Gasteiger partial charge >= 0.3 is 0 Å². The molecule has 7 heteroatoms. The Labute approximate surface area is 184 Å². The van der Waals surface area contributed by atoms with E-state index < -0.39 is 0 Å². The first-order valence-electron chi connectivity index (χ1n) is 9.98. The molecule has 0 bridgehead atoms. The molecule has 30 heavy (non-hydrogen) atoms.